The molecule has 0 spiro atoms. The molecule has 0 unspecified atom stereocenters. The number of nitrogens with one attached hydrogen (secondary N) is 2. The van der Waals surface area contributed by atoms with Crippen LogP contribution in [-0.2, 0) is 6.42 Å². The van der Waals surface area contributed by atoms with Crippen molar-refractivity contribution in [2.75, 3.05) is 20.1 Å². The van der Waals surface area contributed by atoms with E-state index in [0.29, 0.717) is 5.15 Å². The minimum absolute atomic E-state index is 0.537. The van der Waals surface area contributed by atoms with Crippen LogP contribution in [-0.4, -0.2) is 31.1 Å². The Morgan fingerprint density at radius 1 is 1.35 bits per heavy atom. The van der Waals surface area contributed by atoms with Crippen molar-refractivity contribution in [3.8, 4) is 0 Å². The highest BCUT2D eigenvalue weighted by molar-refractivity contribution is 6.29. The molecule has 5 heteroatoms. The minimum Gasteiger partial charge on any atom is -0.356 e. The van der Waals surface area contributed by atoms with Crippen LogP contribution in [0.4, 0.5) is 0 Å². The Hall–Kier alpha value is -1.29. The van der Waals surface area contributed by atoms with Crippen LogP contribution in [0.2, 0.25) is 5.15 Å². The summed E-state index contributed by atoms with van der Waals surface area (Å²) in [5.41, 5.74) is 1.17. The smallest absolute Gasteiger partial charge is 0.190 e. The summed E-state index contributed by atoms with van der Waals surface area (Å²) in [7, 11) is 1.81. The van der Waals surface area contributed by atoms with Gasteiger partial charge in [0.1, 0.15) is 5.15 Å². The average molecular weight is 295 g/mol. The first-order chi connectivity index (χ1) is 9.78. The van der Waals surface area contributed by atoms with E-state index in [4.69, 9.17) is 11.6 Å². The first-order valence-corrected chi connectivity index (χ1v) is 7.70. The maximum absolute atomic E-state index is 5.76. The highest BCUT2D eigenvalue weighted by Crippen LogP contribution is 2.33. The van der Waals surface area contributed by atoms with Crippen molar-refractivity contribution < 1.29 is 0 Å². The van der Waals surface area contributed by atoms with Crippen LogP contribution in [0.5, 0.6) is 0 Å². The number of nitrogens with zero attached hydrogens (tertiary/aromatic N) is 2. The van der Waals surface area contributed by atoms with Gasteiger partial charge < -0.3 is 10.6 Å². The molecule has 110 valence electrons. The molecule has 1 saturated carbocycles. The molecule has 4 nitrogen and oxygen atoms in total. The van der Waals surface area contributed by atoms with Crippen molar-refractivity contribution >= 4 is 17.6 Å². The van der Waals surface area contributed by atoms with Gasteiger partial charge >= 0.3 is 0 Å². The fourth-order valence-corrected chi connectivity index (χ4v) is 2.22. The number of rotatable bonds is 7. The van der Waals surface area contributed by atoms with E-state index >= 15 is 0 Å². The number of aromatic nitrogens is 1. The van der Waals surface area contributed by atoms with Crippen LogP contribution < -0.4 is 10.6 Å². The lowest BCUT2D eigenvalue weighted by Crippen LogP contribution is -2.38. The van der Waals surface area contributed by atoms with Crippen LogP contribution >= 0.6 is 11.6 Å². The van der Waals surface area contributed by atoms with E-state index in [1.807, 2.05) is 18.3 Å². The van der Waals surface area contributed by atoms with Gasteiger partial charge in [-0.1, -0.05) is 30.5 Å². The number of pyridine rings is 1. The Morgan fingerprint density at radius 3 is 2.80 bits per heavy atom. The Kier molecular flexibility index (Phi) is 6.12. The Morgan fingerprint density at radius 2 is 2.15 bits per heavy atom. The molecule has 0 atom stereocenters. The number of hydrogen-bond acceptors (Lipinski definition) is 2. The normalized spacial score (nSPS) is 15.2. The molecule has 2 rings (SSSR count). The van der Waals surface area contributed by atoms with Gasteiger partial charge in [0.25, 0.3) is 0 Å². The number of hydrogen-bond donors (Lipinski definition) is 2. The summed E-state index contributed by atoms with van der Waals surface area (Å²) in [6, 6.07) is 3.82. The zero-order valence-corrected chi connectivity index (χ0v) is 12.8. The van der Waals surface area contributed by atoms with E-state index in [-0.39, 0.29) is 0 Å². The fraction of sp³-hybridized carbons (Fsp3) is 0.600. The summed E-state index contributed by atoms with van der Waals surface area (Å²) in [6.45, 7) is 1.84. The lowest BCUT2D eigenvalue weighted by molar-refractivity contribution is 0.644. The molecule has 2 N–H and O–H groups in total. The summed E-state index contributed by atoms with van der Waals surface area (Å²) in [6.07, 6.45) is 8.17. The molecule has 20 heavy (non-hydrogen) atoms. The second kappa shape index (κ2) is 8.10. The monoisotopic (exact) mass is 294 g/mol. The van der Waals surface area contributed by atoms with Crippen LogP contribution in [0.1, 0.15) is 31.2 Å². The SMILES string of the molecule is CN=C(NCCCC1CC1)NCCc1ccc(Cl)nc1. The van der Waals surface area contributed by atoms with Crippen molar-refractivity contribution in [2.24, 2.45) is 10.9 Å². The van der Waals surface area contributed by atoms with Crippen LogP contribution in [0.25, 0.3) is 0 Å². The van der Waals surface area contributed by atoms with Crippen molar-refractivity contribution in [3.63, 3.8) is 0 Å². The van der Waals surface area contributed by atoms with Gasteiger partial charge in [0, 0.05) is 26.3 Å². The lowest BCUT2D eigenvalue weighted by atomic mass is 10.2. The molecule has 0 saturated heterocycles. The Labute approximate surface area is 126 Å². The van der Waals surface area contributed by atoms with E-state index < -0.39 is 0 Å². The van der Waals surface area contributed by atoms with E-state index in [0.717, 1.165) is 31.4 Å². The van der Waals surface area contributed by atoms with Gasteiger partial charge in [-0.3, -0.25) is 4.99 Å². The van der Waals surface area contributed by atoms with Gasteiger partial charge in [-0.05, 0) is 36.8 Å². The van der Waals surface area contributed by atoms with Gasteiger partial charge in [0.2, 0.25) is 0 Å². The predicted molar refractivity (Wildman–Crippen MR) is 84.3 cm³/mol. The van der Waals surface area contributed by atoms with Crippen LogP contribution in [0.3, 0.4) is 0 Å². The maximum atomic E-state index is 5.76. The third-order valence-electron chi connectivity index (χ3n) is 3.50. The number of halogens is 1. The summed E-state index contributed by atoms with van der Waals surface area (Å²) >= 11 is 5.76. The second-order valence-electron chi connectivity index (χ2n) is 5.25. The molecule has 0 aliphatic heterocycles. The summed E-state index contributed by atoms with van der Waals surface area (Å²) in [5.74, 6) is 1.88. The van der Waals surface area contributed by atoms with Gasteiger partial charge in [-0.2, -0.15) is 0 Å². The molecule has 0 amide bonds. The predicted octanol–water partition coefficient (Wildman–Crippen LogP) is 2.63. The Balaban J connectivity index is 1.59. The molecule has 1 aliphatic rings. The van der Waals surface area contributed by atoms with E-state index in [9.17, 15) is 0 Å². The van der Waals surface area contributed by atoms with E-state index in [2.05, 4.69) is 20.6 Å². The zero-order valence-electron chi connectivity index (χ0n) is 12.0. The third kappa shape index (κ3) is 5.78. The zero-order chi connectivity index (χ0) is 14.2. The highest BCUT2D eigenvalue weighted by Gasteiger charge is 2.19. The van der Waals surface area contributed by atoms with Gasteiger partial charge in [-0.15, -0.1) is 0 Å². The largest absolute Gasteiger partial charge is 0.356 e. The maximum Gasteiger partial charge on any atom is 0.190 e. The minimum atomic E-state index is 0.537. The first-order valence-electron chi connectivity index (χ1n) is 7.33. The molecule has 0 aromatic carbocycles. The molecule has 1 aromatic rings. The number of aliphatic imine (C=N–C) groups is 1. The quantitative estimate of drug-likeness (QED) is 0.352. The van der Waals surface area contributed by atoms with Gasteiger partial charge in [0.05, 0.1) is 0 Å². The number of guanidine groups is 1. The second-order valence-corrected chi connectivity index (χ2v) is 5.64. The van der Waals surface area contributed by atoms with Crippen molar-refractivity contribution in [3.05, 3.63) is 29.0 Å². The molecular formula is C15H23ClN4. The molecule has 1 aromatic heterocycles. The molecule has 1 aliphatic carbocycles. The lowest BCUT2D eigenvalue weighted by Gasteiger charge is -2.11. The molecule has 0 radical (unpaired) electrons. The van der Waals surface area contributed by atoms with Crippen molar-refractivity contribution in [1.29, 1.82) is 0 Å². The topological polar surface area (TPSA) is 49.3 Å². The third-order valence-corrected chi connectivity index (χ3v) is 3.72. The molecular weight excluding hydrogens is 272 g/mol. The summed E-state index contributed by atoms with van der Waals surface area (Å²) in [5, 5.41) is 7.20. The van der Waals surface area contributed by atoms with Gasteiger partial charge in [-0.25, -0.2) is 4.98 Å². The summed E-state index contributed by atoms with van der Waals surface area (Å²) < 4.78 is 0. The summed E-state index contributed by atoms with van der Waals surface area (Å²) in [4.78, 5) is 8.30. The average Bonchev–Trinajstić information content (AvgIpc) is 3.28. The molecule has 1 heterocycles. The van der Waals surface area contributed by atoms with Crippen LogP contribution in [0.15, 0.2) is 23.3 Å². The first kappa shape index (κ1) is 15.1. The van der Waals surface area contributed by atoms with E-state index in [1.54, 1.807) is 7.05 Å². The van der Waals surface area contributed by atoms with Crippen molar-refractivity contribution in [2.45, 2.75) is 32.1 Å². The fourth-order valence-electron chi connectivity index (χ4n) is 2.10. The van der Waals surface area contributed by atoms with Crippen LogP contribution in [0, 0.1) is 5.92 Å². The highest BCUT2D eigenvalue weighted by atomic mass is 35.5. The van der Waals surface area contributed by atoms with Gasteiger partial charge in [0.15, 0.2) is 5.96 Å². The van der Waals surface area contributed by atoms with Crippen molar-refractivity contribution in [1.82, 2.24) is 15.6 Å². The van der Waals surface area contributed by atoms with E-state index in [1.165, 1.54) is 31.2 Å². The Bertz CT molecular complexity index is 426. The molecule has 0 bridgehead atoms. The molecule has 1 fully saturated rings. The standard InChI is InChI=1S/C15H23ClN4/c1-17-15(18-9-2-3-12-4-5-12)19-10-8-13-6-7-14(16)20-11-13/h6-7,11-12H,2-5,8-10H2,1H3,(H2,17,18,19).